The zero-order valence-electron chi connectivity index (χ0n) is 15.5. The predicted molar refractivity (Wildman–Crippen MR) is 101 cm³/mol. The maximum absolute atomic E-state index is 12.5. The Bertz CT molecular complexity index is 689. The summed E-state index contributed by atoms with van der Waals surface area (Å²) in [6, 6.07) is 9.47. The lowest BCUT2D eigenvalue weighted by Gasteiger charge is -2.21. The number of hydrogen-bond donors (Lipinski definition) is 1. The molecular weight excluding hydrogens is 314 g/mol. The van der Waals surface area contributed by atoms with Crippen LogP contribution in [-0.2, 0) is 0 Å². The molecule has 0 spiro atoms. The van der Waals surface area contributed by atoms with Gasteiger partial charge in [-0.1, -0.05) is 13.8 Å². The third-order valence-electron chi connectivity index (χ3n) is 3.86. The summed E-state index contributed by atoms with van der Waals surface area (Å²) in [6.07, 6.45) is 5.02. The molecule has 0 aliphatic carbocycles. The summed E-state index contributed by atoms with van der Waals surface area (Å²) in [6.45, 7) is 6.83. The topological polar surface area (TPSA) is 54.5 Å². The van der Waals surface area contributed by atoms with Crippen molar-refractivity contribution < 1.29 is 9.53 Å². The summed E-state index contributed by atoms with van der Waals surface area (Å²) in [5, 5.41) is 3.33. The van der Waals surface area contributed by atoms with Crippen molar-refractivity contribution in [3.63, 3.8) is 0 Å². The molecule has 0 radical (unpaired) electrons. The van der Waals surface area contributed by atoms with E-state index in [4.69, 9.17) is 4.74 Å². The number of benzene rings is 1. The van der Waals surface area contributed by atoms with Crippen molar-refractivity contribution in [2.24, 2.45) is 0 Å². The first-order valence-electron chi connectivity index (χ1n) is 8.73. The first kappa shape index (κ1) is 18.8. The zero-order chi connectivity index (χ0) is 18.2. The van der Waals surface area contributed by atoms with Gasteiger partial charge in [0.25, 0.3) is 5.91 Å². The van der Waals surface area contributed by atoms with Gasteiger partial charge in [0.15, 0.2) is 6.23 Å². The number of nitrogens with one attached hydrogen (secondary N) is 1. The Balaban J connectivity index is 2.14. The van der Waals surface area contributed by atoms with Gasteiger partial charge in [-0.05, 0) is 49.2 Å². The lowest BCUT2D eigenvalue weighted by atomic mass is 10.1. The van der Waals surface area contributed by atoms with Gasteiger partial charge in [0.05, 0.1) is 0 Å². The van der Waals surface area contributed by atoms with E-state index in [1.54, 1.807) is 17.3 Å². The third kappa shape index (κ3) is 5.48. The number of amides is 1. The van der Waals surface area contributed by atoms with Crippen LogP contribution < -0.4 is 10.1 Å². The molecule has 0 saturated carbocycles. The Morgan fingerprint density at radius 3 is 2.60 bits per heavy atom. The molecule has 1 aromatic carbocycles. The molecule has 1 amide bonds. The number of anilines is 1. The first-order chi connectivity index (χ1) is 12.0. The molecule has 1 heterocycles. The molecule has 5 nitrogen and oxygen atoms in total. The normalized spacial score (nSPS) is 11.7. The molecule has 25 heavy (non-hydrogen) atoms. The van der Waals surface area contributed by atoms with Gasteiger partial charge in [-0.25, -0.2) is 0 Å². The highest BCUT2D eigenvalue weighted by Gasteiger charge is 2.14. The molecule has 5 heteroatoms. The maximum Gasteiger partial charge on any atom is 0.253 e. The van der Waals surface area contributed by atoms with Crippen LogP contribution in [0.1, 0.15) is 42.6 Å². The van der Waals surface area contributed by atoms with E-state index in [9.17, 15) is 4.79 Å². The quantitative estimate of drug-likeness (QED) is 0.735. The van der Waals surface area contributed by atoms with Crippen molar-refractivity contribution in [1.29, 1.82) is 0 Å². The number of hydrogen-bond acceptors (Lipinski definition) is 4. The minimum atomic E-state index is -0.180. The van der Waals surface area contributed by atoms with Crippen molar-refractivity contribution in [3.8, 4) is 5.75 Å². The van der Waals surface area contributed by atoms with Crippen molar-refractivity contribution in [3.05, 3.63) is 53.9 Å². The maximum atomic E-state index is 12.5. The number of carbonyl (C=O) groups is 1. The molecule has 0 saturated heterocycles. The fraction of sp³-hybridized carbons (Fsp3) is 0.400. The average Bonchev–Trinajstić information content (AvgIpc) is 2.61. The minimum absolute atomic E-state index is 0.0190. The van der Waals surface area contributed by atoms with Gasteiger partial charge in [-0.15, -0.1) is 0 Å². The Morgan fingerprint density at radius 1 is 1.24 bits per heavy atom. The van der Waals surface area contributed by atoms with Gasteiger partial charge in [0.2, 0.25) is 0 Å². The number of nitrogens with zero attached hydrogens (tertiary/aromatic N) is 2. The Labute approximate surface area is 150 Å². The number of pyridine rings is 1. The minimum Gasteiger partial charge on any atom is -0.471 e. The highest BCUT2D eigenvalue weighted by Crippen LogP contribution is 2.21. The molecule has 2 rings (SSSR count). The van der Waals surface area contributed by atoms with Crippen LogP contribution in [0.4, 0.5) is 5.69 Å². The largest absolute Gasteiger partial charge is 0.471 e. The van der Waals surface area contributed by atoms with Crippen molar-refractivity contribution in [1.82, 2.24) is 9.88 Å². The summed E-state index contributed by atoms with van der Waals surface area (Å²) in [5.41, 5.74) is 2.61. The lowest BCUT2D eigenvalue weighted by Crippen LogP contribution is -2.28. The molecule has 2 aromatic rings. The molecular formula is C20H27N3O2. The Kier molecular flexibility index (Phi) is 6.81. The molecule has 1 unspecified atom stereocenters. The van der Waals surface area contributed by atoms with E-state index in [0.717, 1.165) is 30.6 Å². The van der Waals surface area contributed by atoms with Crippen LogP contribution in [0.3, 0.4) is 0 Å². The summed E-state index contributed by atoms with van der Waals surface area (Å²) in [7, 11) is 1.83. The summed E-state index contributed by atoms with van der Waals surface area (Å²) < 4.78 is 6.08. The first-order valence-corrected chi connectivity index (χ1v) is 8.73. The van der Waals surface area contributed by atoms with E-state index in [0.29, 0.717) is 11.3 Å². The van der Waals surface area contributed by atoms with E-state index in [1.165, 1.54) is 0 Å². The van der Waals surface area contributed by atoms with Crippen molar-refractivity contribution in [2.75, 3.05) is 18.9 Å². The molecule has 1 N–H and O–H groups in total. The number of ether oxygens (including phenoxy) is 1. The highest BCUT2D eigenvalue weighted by atomic mass is 16.5. The lowest BCUT2D eigenvalue weighted by molar-refractivity contribution is 0.0794. The van der Waals surface area contributed by atoms with E-state index >= 15 is 0 Å². The monoisotopic (exact) mass is 341 g/mol. The molecule has 1 atom stereocenters. The number of carbonyl (C=O) groups excluding carboxylic acids is 1. The Morgan fingerprint density at radius 2 is 1.96 bits per heavy atom. The summed E-state index contributed by atoms with van der Waals surface area (Å²) in [4.78, 5) is 18.3. The van der Waals surface area contributed by atoms with Gasteiger partial charge in [-0.3, -0.25) is 9.78 Å². The number of aromatic nitrogens is 1. The standard InChI is InChI=1S/C20H27N3O2/c1-5-11-23(4)20(24)16-12-15(3)13-18(14-16)25-19(6-2)22-17-7-9-21-10-8-17/h7-10,12-14,19H,5-6,11H2,1-4H3,(H,21,22). The van der Waals surface area contributed by atoms with Crippen LogP contribution in [0.2, 0.25) is 0 Å². The third-order valence-corrected chi connectivity index (χ3v) is 3.86. The predicted octanol–water partition coefficient (Wildman–Crippen LogP) is 4.10. The van der Waals surface area contributed by atoms with Gasteiger partial charge in [0, 0.05) is 43.7 Å². The van der Waals surface area contributed by atoms with Crippen LogP contribution in [0.15, 0.2) is 42.7 Å². The van der Waals surface area contributed by atoms with Gasteiger partial charge in [0.1, 0.15) is 5.75 Å². The second-order valence-corrected chi connectivity index (χ2v) is 6.16. The second kappa shape index (κ2) is 9.06. The fourth-order valence-electron chi connectivity index (χ4n) is 2.61. The van der Waals surface area contributed by atoms with E-state index in [2.05, 4.69) is 24.1 Å². The smallest absolute Gasteiger partial charge is 0.253 e. The van der Waals surface area contributed by atoms with Crippen molar-refractivity contribution >= 4 is 11.6 Å². The SMILES string of the molecule is CCCN(C)C(=O)c1cc(C)cc(OC(CC)Nc2ccncc2)c1. The van der Waals surface area contributed by atoms with Crippen LogP contribution in [0.25, 0.3) is 0 Å². The van der Waals surface area contributed by atoms with Crippen LogP contribution in [0.5, 0.6) is 5.75 Å². The van der Waals surface area contributed by atoms with E-state index in [-0.39, 0.29) is 12.1 Å². The highest BCUT2D eigenvalue weighted by molar-refractivity contribution is 5.94. The molecule has 0 aliphatic heterocycles. The molecule has 134 valence electrons. The molecule has 0 aliphatic rings. The van der Waals surface area contributed by atoms with Crippen LogP contribution in [0, 0.1) is 6.92 Å². The number of aryl methyl sites for hydroxylation is 1. The van der Waals surface area contributed by atoms with Crippen LogP contribution in [-0.4, -0.2) is 35.6 Å². The summed E-state index contributed by atoms with van der Waals surface area (Å²) in [5.74, 6) is 0.715. The van der Waals surface area contributed by atoms with Gasteiger partial charge >= 0.3 is 0 Å². The van der Waals surface area contributed by atoms with E-state index in [1.807, 2.05) is 44.3 Å². The molecule has 0 bridgehead atoms. The molecule has 0 fully saturated rings. The van der Waals surface area contributed by atoms with E-state index < -0.39 is 0 Å². The van der Waals surface area contributed by atoms with Gasteiger partial charge in [-0.2, -0.15) is 0 Å². The Hall–Kier alpha value is -2.56. The van der Waals surface area contributed by atoms with Gasteiger partial charge < -0.3 is 15.0 Å². The second-order valence-electron chi connectivity index (χ2n) is 6.16. The van der Waals surface area contributed by atoms with Crippen LogP contribution >= 0.6 is 0 Å². The average molecular weight is 341 g/mol. The number of rotatable bonds is 8. The zero-order valence-corrected chi connectivity index (χ0v) is 15.5. The molecule has 1 aromatic heterocycles. The summed E-state index contributed by atoms with van der Waals surface area (Å²) >= 11 is 0. The van der Waals surface area contributed by atoms with Crippen molar-refractivity contribution in [2.45, 2.75) is 39.8 Å². The fourth-order valence-corrected chi connectivity index (χ4v) is 2.61.